The maximum Gasteiger partial charge on any atom is 0.243 e. The lowest BCUT2D eigenvalue weighted by Crippen LogP contribution is -2.34. The molecule has 0 unspecified atom stereocenters. The Balaban J connectivity index is 2.17. The fraction of sp³-hybridized carbons (Fsp3) is 0.909. The Labute approximate surface area is 96.3 Å². The van der Waals surface area contributed by atoms with Crippen molar-refractivity contribution in [2.24, 2.45) is 5.92 Å². The first-order valence-corrected chi connectivity index (χ1v) is 6.67. The number of carbonyl (C=O) groups is 1. The van der Waals surface area contributed by atoms with Crippen LogP contribution in [0.5, 0.6) is 0 Å². The minimum absolute atomic E-state index is 0.0156. The summed E-state index contributed by atoms with van der Waals surface area (Å²) < 4.78 is 0. The van der Waals surface area contributed by atoms with Gasteiger partial charge in [0.15, 0.2) is 0 Å². The second-order valence-corrected chi connectivity index (χ2v) is 6.22. The van der Waals surface area contributed by atoms with Crippen LogP contribution in [0.2, 0.25) is 0 Å². The molecule has 88 valence electrons. The van der Waals surface area contributed by atoms with Crippen LogP contribution in [0.3, 0.4) is 0 Å². The zero-order valence-corrected chi connectivity index (χ0v) is 10.7. The van der Waals surface area contributed by atoms with Gasteiger partial charge in [0.2, 0.25) is 5.91 Å². The van der Waals surface area contributed by atoms with Crippen LogP contribution < -0.4 is 5.48 Å². The molecule has 3 nitrogen and oxygen atoms in total. The van der Waals surface area contributed by atoms with Gasteiger partial charge in [0, 0.05) is 6.42 Å². The molecule has 1 N–H and O–H groups in total. The molecule has 15 heavy (non-hydrogen) atoms. The number of hydroxylamine groups is 1. The lowest BCUT2D eigenvalue weighted by atomic mass is 9.99. The number of nitrogens with one attached hydrogen (secondary N) is 1. The molecule has 0 aromatic rings. The first kappa shape index (κ1) is 12.8. The Kier molecular flexibility index (Phi) is 4.93. The van der Waals surface area contributed by atoms with Gasteiger partial charge in [-0.2, -0.15) is 11.8 Å². The van der Waals surface area contributed by atoms with E-state index in [2.05, 4.69) is 5.48 Å². The van der Waals surface area contributed by atoms with Gasteiger partial charge in [-0.3, -0.25) is 9.63 Å². The van der Waals surface area contributed by atoms with Gasteiger partial charge in [0.05, 0.1) is 5.60 Å². The molecule has 1 amide bonds. The number of hydrogen-bond acceptors (Lipinski definition) is 3. The number of carbonyl (C=O) groups excluding carboxylic acids is 1. The van der Waals surface area contributed by atoms with Crippen molar-refractivity contribution >= 4 is 17.7 Å². The van der Waals surface area contributed by atoms with Gasteiger partial charge in [-0.05, 0) is 51.0 Å². The highest BCUT2D eigenvalue weighted by Gasteiger charge is 2.19. The van der Waals surface area contributed by atoms with Gasteiger partial charge < -0.3 is 0 Å². The number of hydrogen-bond donors (Lipinski definition) is 1. The molecule has 1 aliphatic rings. The highest BCUT2D eigenvalue weighted by atomic mass is 32.2. The lowest BCUT2D eigenvalue weighted by Gasteiger charge is -2.22. The van der Waals surface area contributed by atoms with E-state index in [4.69, 9.17) is 4.84 Å². The van der Waals surface area contributed by atoms with E-state index in [-0.39, 0.29) is 11.5 Å². The molecule has 4 heteroatoms. The summed E-state index contributed by atoms with van der Waals surface area (Å²) in [7, 11) is 0. The predicted octanol–water partition coefficient (Wildman–Crippen LogP) is 2.37. The summed E-state index contributed by atoms with van der Waals surface area (Å²) in [6.07, 6.45) is 2.93. The van der Waals surface area contributed by atoms with Gasteiger partial charge >= 0.3 is 0 Å². The zero-order chi connectivity index (χ0) is 11.3. The molecule has 0 atom stereocenters. The highest BCUT2D eigenvalue weighted by molar-refractivity contribution is 7.99. The molecule has 0 radical (unpaired) electrons. The van der Waals surface area contributed by atoms with Crippen LogP contribution in [-0.4, -0.2) is 23.0 Å². The summed E-state index contributed by atoms with van der Waals surface area (Å²) in [6.45, 7) is 5.76. The molecule has 1 fully saturated rings. The Morgan fingerprint density at radius 1 is 1.40 bits per heavy atom. The van der Waals surface area contributed by atoms with Crippen LogP contribution in [0.1, 0.15) is 40.0 Å². The molecule has 0 saturated carbocycles. The molecule has 0 aromatic heterocycles. The van der Waals surface area contributed by atoms with Gasteiger partial charge in [-0.25, -0.2) is 5.48 Å². The van der Waals surface area contributed by atoms with E-state index in [0.29, 0.717) is 12.3 Å². The van der Waals surface area contributed by atoms with Crippen molar-refractivity contribution in [1.82, 2.24) is 5.48 Å². The van der Waals surface area contributed by atoms with E-state index in [1.165, 1.54) is 11.5 Å². The van der Waals surface area contributed by atoms with E-state index in [0.717, 1.165) is 12.8 Å². The van der Waals surface area contributed by atoms with Crippen molar-refractivity contribution in [2.75, 3.05) is 11.5 Å². The fourth-order valence-corrected chi connectivity index (χ4v) is 2.67. The summed E-state index contributed by atoms with van der Waals surface area (Å²) in [5.41, 5.74) is 2.22. The van der Waals surface area contributed by atoms with Gasteiger partial charge in [-0.1, -0.05) is 0 Å². The summed E-state index contributed by atoms with van der Waals surface area (Å²) in [4.78, 5) is 16.7. The average molecular weight is 231 g/mol. The topological polar surface area (TPSA) is 38.3 Å². The van der Waals surface area contributed by atoms with Crippen LogP contribution in [0.25, 0.3) is 0 Å². The Morgan fingerprint density at radius 2 is 2.00 bits per heavy atom. The third kappa shape index (κ3) is 6.05. The monoisotopic (exact) mass is 231 g/mol. The van der Waals surface area contributed by atoms with Crippen molar-refractivity contribution in [3.8, 4) is 0 Å². The average Bonchev–Trinajstić information content (AvgIpc) is 2.15. The first-order valence-electron chi connectivity index (χ1n) is 5.52. The predicted molar refractivity (Wildman–Crippen MR) is 63.6 cm³/mol. The molecule has 1 aliphatic heterocycles. The second kappa shape index (κ2) is 5.75. The van der Waals surface area contributed by atoms with Crippen LogP contribution >= 0.6 is 11.8 Å². The number of thioether (sulfide) groups is 1. The maximum atomic E-state index is 11.5. The molecular formula is C11H21NO2S. The van der Waals surface area contributed by atoms with E-state index >= 15 is 0 Å². The van der Waals surface area contributed by atoms with Gasteiger partial charge in [-0.15, -0.1) is 0 Å². The highest BCUT2D eigenvalue weighted by Crippen LogP contribution is 2.25. The largest absolute Gasteiger partial charge is 0.273 e. The van der Waals surface area contributed by atoms with Crippen LogP contribution in [-0.2, 0) is 9.63 Å². The van der Waals surface area contributed by atoms with Crippen molar-refractivity contribution in [2.45, 2.75) is 45.6 Å². The Morgan fingerprint density at radius 3 is 2.53 bits per heavy atom. The SMILES string of the molecule is CC(C)(C)ONC(=O)CC1CCSCC1. The van der Waals surface area contributed by atoms with Crippen molar-refractivity contribution < 1.29 is 9.63 Å². The molecular weight excluding hydrogens is 210 g/mol. The Bertz CT molecular complexity index is 207. The zero-order valence-electron chi connectivity index (χ0n) is 9.84. The van der Waals surface area contributed by atoms with E-state index in [9.17, 15) is 4.79 Å². The molecule has 1 heterocycles. The quantitative estimate of drug-likeness (QED) is 0.758. The minimum atomic E-state index is -0.307. The third-order valence-electron chi connectivity index (χ3n) is 2.29. The normalized spacial score (nSPS) is 18.9. The van der Waals surface area contributed by atoms with Crippen LogP contribution in [0, 0.1) is 5.92 Å². The van der Waals surface area contributed by atoms with Gasteiger partial charge in [0.25, 0.3) is 0 Å². The van der Waals surface area contributed by atoms with Gasteiger partial charge in [0.1, 0.15) is 0 Å². The van der Waals surface area contributed by atoms with E-state index < -0.39 is 0 Å². The standard InChI is InChI=1S/C11H21NO2S/c1-11(2,3)14-12-10(13)8-9-4-6-15-7-5-9/h9H,4-8H2,1-3H3,(H,12,13). The number of amides is 1. The second-order valence-electron chi connectivity index (χ2n) is 5.00. The fourth-order valence-electron chi connectivity index (χ4n) is 1.46. The molecule has 0 aliphatic carbocycles. The molecule has 0 aromatic carbocycles. The van der Waals surface area contributed by atoms with Crippen LogP contribution in [0.4, 0.5) is 0 Å². The molecule has 0 bridgehead atoms. The van der Waals surface area contributed by atoms with E-state index in [1.54, 1.807) is 0 Å². The molecule has 1 rings (SSSR count). The molecule has 1 saturated heterocycles. The lowest BCUT2D eigenvalue weighted by molar-refractivity contribution is -0.146. The van der Waals surface area contributed by atoms with Crippen molar-refractivity contribution in [3.05, 3.63) is 0 Å². The summed E-state index contributed by atoms with van der Waals surface area (Å²) >= 11 is 1.98. The first-order chi connectivity index (χ1) is 6.97. The van der Waals surface area contributed by atoms with Crippen molar-refractivity contribution in [1.29, 1.82) is 0 Å². The maximum absolute atomic E-state index is 11.5. The van der Waals surface area contributed by atoms with Crippen LogP contribution in [0.15, 0.2) is 0 Å². The Hall–Kier alpha value is -0.220. The summed E-state index contributed by atoms with van der Waals surface area (Å²) in [6, 6.07) is 0. The van der Waals surface area contributed by atoms with Crippen molar-refractivity contribution in [3.63, 3.8) is 0 Å². The number of rotatable bonds is 3. The molecule has 0 spiro atoms. The smallest absolute Gasteiger partial charge is 0.243 e. The third-order valence-corrected chi connectivity index (χ3v) is 3.33. The minimum Gasteiger partial charge on any atom is -0.273 e. The summed E-state index contributed by atoms with van der Waals surface area (Å²) in [5.74, 6) is 2.95. The summed E-state index contributed by atoms with van der Waals surface area (Å²) in [5, 5.41) is 0. The van der Waals surface area contributed by atoms with E-state index in [1.807, 2.05) is 32.5 Å².